The lowest BCUT2D eigenvalue weighted by molar-refractivity contribution is 0.0526. The van der Waals surface area contributed by atoms with E-state index in [-0.39, 0.29) is 5.69 Å². The number of nitrogens with one attached hydrogen (secondary N) is 2. The van der Waals surface area contributed by atoms with Crippen molar-refractivity contribution in [2.45, 2.75) is 6.92 Å². The van der Waals surface area contributed by atoms with Crippen LogP contribution in [-0.4, -0.2) is 28.7 Å². The zero-order chi connectivity index (χ0) is 19.1. The van der Waals surface area contributed by atoms with Crippen LogP contribution in [0, 0.1) is 0 Å². The van der Waals surface area contributed by atoms with Crippen LogP contribution in [0.2, 0.25) is 0 Å². The van der Waals surface area contributed by atoms with E-state index in [4.69, 9.17) is 4.74 Å². The SMILES string of the molecule is CCOC(=O)c1ccc(NC(=O)c2ccc(Nc3ccccc3)nn2)cc1. The third kappa shape index (κ3) is 4.88. The van der Waals surface area contributed by atoms with Crippen molar-refractivity contribution in [3.63, 3.8) is 0 Å². The molecular weight excluding hydrogens is 344 g/mol. The maximum absolute atomic E-state index is 12.3. The molecular formula is C20H18N4O3. The maximum atomic E-state index is 12.3. The smallest absolute Gasteiger partial charge is 0.338 e. The van der Waals surface area contributed by atoms with Gasteiger partial charge in [0.25, 0.3) is 5.91 Å². The predicted molar refractivity (Wildman–Crippen MR) is 102 cm³/mol. The molecule has 7 nitrogen and oxygen atoms in total. The molecule has 0 spiro atoms. The number of aromatic nitrogens is 2. The van der Waals surface area contributed by atoms with Gasteiger partial charge in [0.1, 0.15) is 0 Å². The molecule has 1 heterocycles. The second kappa shape index (κ2) is 8.57. The fraction of sp³-hybridized carbons (Fsp3) is 0.100. The van der Waals surface area contributed by atoms with Gasteiger partial charge in [0.05, 0.1) is 12.2 Å². The molecule has 0 radical (unpaired) electrons. The van der Waals surface area contributed by atoms with Crippen molar-refractivity contribution in [3.05, 3.63) is 78.0 Å². The minimum atomic E-state index is -0.400. The lowest BCUT2D eigenvalue weighted by Gasteiger charge is -2.07. The van der Waals surface area contributed by atoms with Crippen LogP contribution < -0.4 is 10.6 Å². The number of rotatable bonds is 6. The van der Waals surface area contributed by atoms with Gasteiger partial charge in [-0.15, -0.1) is 10.2 Å². The van der Waals surface area contributed by atoms with Gasteiger partial charge >= 0.3 is 5.97 Å². The van der Waals surface area contributed by atoms with E-state index < -0.39 is 11.9 Å². The van der Waals surface area contributed by atoms with Crippen molar-refractivity contribution in [2.24, 2.45) is 0 Å². The molecule has 1 aromatic heterocycles. The van der Waals surface area contributed by atoms with Crippen LogP contribution in [0.25, 0.3) is 0 Å². The lowest BCUT2D eigenvalue weighted by Crippen LogP contribution is -2.14. The van der Waals surface area contributed by atoms with Gasteiger partial charge in [0.2, 0.25) is 0 Å². The molecule has 136 valence electrons. The molecule has 2 N–H and O–H groups in total. The highest BCUT2D eigenvalue weighted by Crippen LogP contribution is 2.14. The fourth-order valence-corrected chi connectivity index (χ4v) is 2.29. The Labute approximate surface area is 156 Å². The minimum absolute atomic E-state index is 0.183. The molecule has 27 heavy (non-hydrogen) atoms. The molecule has 0 saturated heterocycles. The van der Waals surface area contributed by atoms with Gasteiger partial charge in [0, 0.05) is 11.4 Å². The predicted octanol–water partition coefficient (Wildman–Crippen LogP) is 3.65. The summed E-state index contributed by atoms with van der Waals surface area (Å²) in [6.45, 7) is 2.05. The molecule has 2 aromatic carbocycles. The van der Waals surface area contributed by atoms with E-state index in [0.717, 1.165) is 5.69 Å². The quantitative estimate of drug-likeness (QED) is 0.650. The minimum Gasteiger partial charge on any atom is -0.462 e. The summed E-state index contributed by atoms with van der Waals surface area (Å²) < 4.78 is 4.92. The van der Waals surface area contributed by atoms with E-state index in [9.17, 15) is 9.59 Å². The highest BCUT2D eigenvalue weighted by atomic mass is 16.5. The molecule has 7 heteroatoms. The maximum Gasteiger partial charge on any atom is 0.338 e. The highest BCUT2D eigenvalue weighted by molar-refractivity contribution is 6.03. The Hall–Kier alpha value is -3.74. The molecule has 0 aliphatic heterocycles. The zero-order valence-corrected chi connectivity index (χ0v) is 14.7. The average Bonchev–Trinajstić information content (AvgIpc) is 2.70. The number of amides is 1. The molecule has 0 aliphatic carbocycles. The highest BCUT2D eigenvalue weighted by Gasteiger charge is 2.10. The molecule has 0 fully saturated rings. The summed E-state index contributed by atoms with van der Waals surface area (Å²) in [6, 6.07) is 19.2. The summed E-state index contributed by atoms with van der Waals surface area (Å²) >= 11 is 0. The number of para-hydroxylation sites is 1. The molecule has 0 atom stereocenters. The van der Waals surface area contributed by atoms with E-state index >= 15 is 0 Å². The van der Waals surface area contributed by atoms with Gasteiger partial charge in [-0.1, -0.05) is 18.2 Å². The van der Waals surface area contributed by atoms with Crippen LogP contribution >= 0.6 is 0 Å². The second-order valence-electron chi connectivity index (χ2n) is 5.55. The van der Waals surface area contributed by atoms with Crippen LogP contribution in [0.3, 0.4) is 0 Å². The van der Waals surface area contributed by atoms with Gasteiger partial charge in [-0.25, -0.2) is 4.79 Å². The standard InChI is InChI=1S/C20H18N4O3/c1-2-27-20(26)14-8-10-16(11-9-14)22-19(25)17-12-13-18(24-23-17)21-15-6-4-3-5-7-15/h3-13H,2H2,1H3,(H,21,24)(H,22,25). The fourth-order valence-electron chi connectivity index (χ4n) is 2.29. The van der Waals surface area contributed by atoms with Crippen LogP contribution in [0.4, 0.5) is 17.2 Å². The van der Waals surface area contributed by atoms with Gasteiger partial charge < -0.3 is 15.4 Å². The van der Waals surface area contributed by atoms with E-state index in [1.807, 2.05) is 30.3 Å². The number of nitrogens with zero attached hydrogens (tertiary/aromatic N) is 2. The number of carbonyl (C=O) groups excluding carboxylic acids is 2. The molecule has 0 saturated carbocycles. The third-order valence-corrected chi connectivity index (χ3v) is 3.60. The van der Waals surface area contributed by atoms with E-state index in [1.54, 1.807) is 43.3 Å². The number of ether oxygens (including phenoxy) is 1. The van der Waals surface area contributed by atoms with E-state index in [1.165, 1.54) is 0 Å². The summed E-state index contributed by atoms with van der Waals surface area (Å²) in [4.78, 5) is 23.9. The molecule has 3 rings (SSSR count). The van der Waals surface area contributed by atoms with Gasteiger partial charge in [0.15, 0.2) is 11.5 Å². The van der Waals surface area contributed by atoms with Crippen molar-refractivity contribution in [2.75, 3.05) is 17.2 Å². The number of hydrogen-bond donors (Lipinski definition) is 2. The molecule has 3 aromatic rings. The monoisotopic (exact) mass is 362 g/mol. The van der Waals surface area contributed by atoms with Crippen LogP contribution in [0.15, 0.2) is 66.7 Å². The van der Waals surface area contributed by atoms with Crippen molar-refractivity contribution < 1.29 is 14.3 Å². The first kappa shape index (κ1) is 18.1. The Balaban J connectivity index is 1.61. The Kier molecular flexibility index (Phi) is 5.73. The Morgan fingerprint density at radius 2 is 1.63 bits per heavy atom. The second-order valence-corrected chi connectivity index (χ2v) is 5.55. The topological polar surface area (TPSA) is 93.2 Å². The first-order valence-electron chi connectivity index (χ1n) is 8.40. The lowest BCUT2D eigenvalue weighted by atomic mass is 10.2. The van der Waals surface area contributed by atoms with Crippen LogP contribution in [-0.2, 0) is 4.74 Å². The zero-order valence-electron chi connectivity index (χ0n) is 14.7. The van der Waals surface area contributed by atoms with E-state index in [2.05, 4.69) is 20.8 Å². The summed E-state index contributed by atoms with van der Waals surface area (Å²) in [6.07, 6.45) is 0. The van der Waals surface area contributed by atoms with Crippen molar-refractivity contribution in [1.82, 2.24) is 10.2 Å². The van der Waals surface area contributed by atoms with Gasteiger partial charge in [-0.3, -0.25) is 4.79 Å². The number of carbonyl (C=O) groups is 2. The first-order valence-corrected chi connectivity index (χ1v) is 8.40. The molecule has 0 aliphatic rings. The Morgan fingerprint density at radius 1 is 0.889 bits per heavy atom. The summed E-state index contributed by atoms with van der Waals surface area (Å²) in [7, 11) is 0. The average molecular weight is 362 g/mol. The third-order valence-electron chi connectivity index (χ3n) is 3.60. The summed E-state index contributed by atoms with van der Waals surface area (Å²) in [5, 5.41) is 13.8. The number of esters is 1. The van der Waals surface area contributed by atoms with Crippen molar-refractivity contribution in [1.29, 1.82) is 0 Å². The first-order chi connectivity index (χ1) is 13.2. The largest absolute Gasteiger partial charge is 0.462 e. The molecule has 1 amide bonds. The van der Waals surface area contributed by atoms with Crippen molar-refractivity contribution >= 4 is 29.1 Å². The number of hydrogen-bond acceptors (Lipinski definition) is 6. The van der Waals surface area contributed by atoms with Gasteiger partial charge in [-0.05, 0) is 55.5 Å². The molecule has 0 unspecified atom stereocenters. The van der Waals surface area contributed by atoms with Crippen molar-refractivity contribution in [3.8, 4) is 0 Å². The number of anilines is 3. The van der Waals surface area contributed by atoms with E-state index in [0.29, 0.717) is 23.7 Å². The normalized spacial score (nSPS) is 10.1. The summed E-state index contributed by atoms with van der Waals surface area (Å²) in [5.74, 6) is -0.253. The Morgan fingerprint density at radius 3 is 2.26 bits per heavy atom. The number of benzene rings is 2. The van der Waals surface area contributed by atoms with Gasteiger partial charge in [-0.2, -0.15) is 0 Å². The van der Waals surface area contributed by atoms with Crippen LogP contribution in [0.5, 0.6) is 0 Å². The van der Waals surface area contributed by atoms with Crippen LogP contribution in [0.1, 0.15) is 27.8 Å². The Bertz CT molecular complexity index is 910. The summed E-state index contributed by atoms with van der Waals surface area (Å²) in [5.41, 5.74) is 2.03. The molecule has 0 bridgehead atoms.